The number of ether oxygens (including phenoxy) is 2. The summed E-state index contributed by atoms with van der Waals surface area (Å²) in [5.74, 6) is -0.870. The molecular weight excluding hydrogens is 516 g/mol. The van der Waals surface area contributed by atoms with Crippen LogP contribution in [-0.2, 0) is 15.9 Å². The fourth-order valence-corrected chi connectivity index (χ4v) is 6.58. The van der Waals surface area contributed by atoms with Crippen molar-refractivity contribution in [2.45, 2.75) is 70.5 Å². The summed E-state index contributed by atoms with van der Waals surface area (Å²) in [5, 5.41) is 1.85. The average molecular weight is 544 g/mol. The third-order valence-electron chi connectivity index (χ3n) is 8.09. The fraction of sp³-hybridized carbons (Fsp3) is 0.444. The molecule has 2 N–H and O–H groups in total. The van der Waals surface area contributed by atoms with Crippen LogP contribution in [-0.4, -0.2) is 37.5 Å². The Morgan fingerprint density at radius 1 is 1.16 bits per heavy atom. The second-order valence-corrected chi connectivity index (χ2v) is 11.4. The molecule has 1 saturated carbocycles. The Bertz CT molecular complexity index is 1530. The summed E-state index contributed by atoms with van der Waals surface area (Å²) < 4.78 is 30.1. The number of aromatic nitrogens is 4. The molecule has 0 bridgehead atoms. The maximum absolute atomic E-state index is 15.0. The van der Waals surface area contributed by atoms with Crippen LogP contribution in [0, 0.1) is 11.2 Å². The predicted octanol–water partition coefficient (Wildman–Crippen LogP) is 6.50. The zero-order chi connectivity index (χ0) is 26.1. The van der Waals surface area contributed by atoms with E-state index in [2.05, 4.69) is 26.4 Å². The van der Waals surface area contributed by atoms with Crippen molar-refractivity contribution in [3.8, 4) is 0 Å². The van der Waals surface area contributed by atoms with Gasteiger partial charge in [0.15, 0.2) is 5.79 Å². The molecule has 10 heteroatoms. The van der Waals surface area contributed by atoms with E-state index < -0.39 is 5.79 Å². The first-order chi connectivity index (χ1) is 17.6. The van der Waals surface area contributed by atoms with Gasteiger partial charge in [-0.1, -0.05) is 30.1 Å². The number of hydrogen-bond acceptors (Lipinski definition) is 6. The van der Waals surface area contributed by atoms with Gasteiger partial charge in [0.05, 0.1) is 28.1 Å². The Morgan fingerprint density at radius 2 is 1.97 bits per heavy atom. The van der Waals surface area contributed by atoms with Crippen LogP contribution >= 0.6 is 23.2 Å². The Balaban J connectivity index is 1.35. The molecule has 2 fully saturated rings. The molecule has 0 radical (unpaired) electrons. The van der Waals surface area contributed by atoms with E-state index >= 15 is 0 Å². The highest BCUT2D eigenvalue weighted by molar-refractivity contribution is 6.34. The maximum Gasteiger partial charge on any atom is 0.163 e. The minimum Gasteiger partial charge on any atom is -0.382 e. The normalized spacial score (nSPS) is 26.8. The van der Waals surface area contributed by atoms with Gasteiger partial charge in [0, 0.05) is 17.0 Å². The minimum absolute atomic E-state index is 0.00661. The number of aryl methyl sites for hydroxylation is 1. The largest absolute Gasteiger partial charge is 0.382 e. The molecule has 1 aromatic carbocycles. The van der Waals surface area contributed by atoms with Crippen LogP contribution in [0.2, 0.25) is 10.2 Å². The van der Waals surface area contributed by atoms with Gasteiger partial charge >= 0.3 is 0 Å². The monoisotopic (exact) mass is 543 g/mol. The first-order valence-corrected chi connectivity index (χ1v) is 13.2. The van der Waals surface area contributed by atoms with Gasteiger partial charge in [-0.05, 0) is 69.4 Å². The molecule has 0 spiro atoms. The molecule has 3 aromatic heterocycles. The standard InChI is InChI=1S/C27H28Cl2FN5O2/c1-4-27(7-5-14-9-18(30)16-11-17(28)24(31)34-19(16)10-14)12-20(21-22(27)37-26(2,3)36-21)35-8-6-15-23(29)32-13-33-25(15)35/h6,8-11,13,20-22H,4-5,7,12H2,1-3H3,(H2,31,34)/t20?,21-,22-,27-/m0/s1. The summed E-state index contributed by atoms with van der Waals surface area (Å²) in [4.78, 5) is 12.9. The third-order valence-corrected chi connectivity index (χ3v) is 8.69. The van der Waals surface area contributed by atoms with Gasteiger partial charge in [0.1, 0.15) is 34.9 Å². The number of pyridine rings is 1. The SMILES string of the molecule is CC[C@]1(CCc2cc(F)c3cc(Cl)c(N)nc3c2)CC(n2ccc3c(Cl)ncnc32)[C@@H]2OC(C)(C)O[C@@H]21. The Morgan fingerprint density at radius 3 is 2.76 bits per heavy atom. The van der Waals surface area contributed by atoms with E-state index in [1.54, 1.807) is 6.07 Å². The van der Waals surface area contributed by atoms with Crippen molar-refractivity contribution >= 4 is 51.0 Å². The molecule has 1 saturated heterocycles. The topological polar surface area (TPSA) is 88.1 Å². The third kappa shape index (κ3) is 4.05. The number of nitrogen functional groups attached to an aromatic ring is 1. The van der Waals surface area contributed by atoms with Gasteiger partial charge < -0.3 is 19.8 Å². The number of nitrogens with zero attached hydrogens (tertiary/aromatic N) is 4. The number of rotatable bonds is 5. The molecule has 6 rings (SSSR count). The first kappa shape index (κ1) is 24.8. The van der Waals surface area contributed by atoms with Gasteiger partial charge in [0.25, 0.3) is 0 Å². The lowest BCUT2D eigenvalue weighted by atomic mass is 9.76. The molecule has 4 aromatic rings. The van der Waals surface area contributed by atoms with Gasteiger partial charge in [-0.25, -0.2) is 19.3 Å². The lowest BCUT2D eigenvalue weighted by Crippen LogP contribution is -2.36. The number of hydrogen-bond donors (Lipinski definition) is 1. The molecule has 37 heavy (non-hydrogen) atoms. The van der Waals surface area contributed by atoms with Crippen LogP contribution in [0.5, 0.6) is 0 Å². The second-order valence-electron chi connectivity index (χ2n) is 10.6. The van der Waals surface area contributed by atoms with Crippen molar-refractivity contribution in [1.82, 2.24) is 19.5 Å². The number of fused-ring (bicyclic) bond motifs is 3. The average Bonchev–Trinajstić information content (AvgIpc) is 3.50. The molecule has 0 amide bonds. The van der Waals surface area contributed by atoms with E-state index in [-0.39, 0.29) is 40.3 Å². The molecule has 1 aliphatic carbocycles. The first-order valence-electron chi connectivity index (χ1n) is 12.5. The van der Waals surface area contributed by atoms with Gasteiger partial charge in [-0.2, -0.15) is 0 Å². The van der Waals surface area contributed by atoms with Crippen molar-refractivity contribution in [2.24, 2.45) is 5.41 Å². The van der Waals surface area contributed by atoms with Crippen LogP contribution in [0.1, 0.15) is 51.6 Å². The maximum atomic E-state index is 15.0. The van der Waals surface area contributed by atoms with E-state index in [0.29, 0.717) is 22.5 Å². The summed E-state index contributed by atoms with van der Waals surface area (Å²) >= 11 is 12.4. The Hall–Kier alpha value is -2.52. The highest BCUT2D eigenvalue weighted by atomic mass is 35.5. The van der Waals surface area contributed by atoms with Crippen LogP contribution in [0.4, 0.5) is 10.2 Å². The zero-order valence-corrected chi connectivity index (χ0v) is 22.4. The number of halogens is 3. The van der Waals surface area contributed by atoms with Crippen LogP contribution in [0.3, 0.4) is 0 Å². The van der Waals surface area contributed by atoms with E-state index in [1.165, 1.54) is 12.4 Å². The molecule has 2 aliphatic rings. The quantitative estimate of drug-likeness (QED) is 0.289. The fourth-order valence-electron chi connectivity index (χ4n) is 6.24. The van der Waals surface area contributed by atoms with Gasteiger partial charge in [-0.3, -0.25) is 0 Å². The lowest BCUT2D eigenvalue weighted by molar-refractivity contribution is -0.170. The minimum atomic E-state index is -0.709. The highest BCUT2D eigenvalue weighted by Gasteiger charge is 2.60. The summed E-state index contributed by atoms with van der Waals surface area (Å²) in [6.07, 6.45) is 6.38. The van der Waals surface area contributed by atoms with Crippen molar-refractivity contribution in [1.29, 1.82) is 0 Å². The van der Waals surface area contributed by atoms with Crippen molar-refractivity contribution in [2.75, 3.05) is 5.73 Å². The van der Waals surface area contributed by atoms with Gasteiger partial charge in [0.2, 0.25) is 0 Å². The van der Waals surface area contributed by atoms with Crippen LogP contribution in [0.25, 0.3) is 21.9 Å². The highest BCUT2D eigenvalue weighted by Crippen LogP contribution is 2.57. The number of anilines is 1. The van der Waals surface area contributed by atoms with Gasteiger partial charge in [-0.15, -0.1) is 0 Å². The molecule has 4 atom stereocenters. The molecule has 7 nitrogen and oxygen atoms in total. The zero-order valence-electron chi connectivity index (χ0n) is 20.8. The van der Waals surface area contributed by atoms with E-state index in [9.17, 15) is 4.39 Å². The summed E-state index contributed by atoms with van der Waals surface area (Å²) in [6.45, 7) is 6.09. The number of benzene rings is 1. The molecule has 194 valence electrons. The summed E-state index contributed by atoms with van der Waals surface area (Å²) in [5.41, 5.74) is 7.83. The van der Waals surface area contributed by atoms with E-state index in [1.807, 2.05) is 32.2 Å². The Labute approximate surface area is 224 Å². The molecule has 1 aliphatic heterocycles. The van der Waals surface area contributed by atoms with Crippen LogP contribution < -0.4 is 5.73 Å². The lowest BCUT2D eigenvalue weighted by Gasteiger charge is -2.34. The van der Waals surface area contributed by atoms with Crippen molar-refractivity contribution < 1.29 is 13.9 Å². The number of nitrogens with two attached hydrogens (primary N) is 1. The Kier molecular flexibility index (Phi) is 5.87. The predicted molar refractivity (Wildman–Crippen MR) is 142 cm³/mol. The van der Waals surface area contributed by atoms with Crippen molar-refractivity contribution in [3.05, 3.63) is 58.3 Å². The van der Waals surface area contributed by atoms with Crippen molar-refractivity contribution in [3.63, 3.8) is 0 Å². The van der Waals surface area contributed by atoms with E-state index in [0.717, 1.165) is 35.9 Å². The molecule has 1 unspecified atom stereocenters. The van der Waals surface area contributed by atoms with E-state index in [4.69, 9.17) is 38.4 Å². The molecule has 4 heterocycles. The van der Waals surface area contributed by atoms with Crippen LogP contribution in [0.15, 0.2) is 36.8 Å². The second kappa shape index (κ2) is 8.76. The molecular formula is C27H28Cl2FN5O2. The smallest absolute Gasteiger partial charge is 0.163 e. The summed E-state index contributed by atoms with van der Waals surface area (Å²) in [6, 6.07) is 6.95. The summed E-state index contributed by atoms with van der Waals surface area (Å²) in [7, 11) is 0.